The number of imidazole rings is 1. The van der Waals surface area contributed by atoms with E-state index < -0.39 is 47.9 Å². The summed E-state index contributed by atoms with van der Waals surface area (Å²) in [5, 5.41) is 17.4. The number of aliphatic carboxylic acids is 1. The van der Waals surface area contributed by atoms with Gasteiger partial charge >= 0.3 is 5.97 Å². The van der Waals surface area contributed by atoms with Crippen molar-refractivity contribution >= 4 is 35.6 Å². The molecule has 1 aromatic rings. The van der Waals surface area contributed by atoms with Crippen LogP contribution in [0.3, 0.4) is 0 Å². The Morgan fingerprint density at radius 2 is 1.39 bits per heavy atom. The summed E-state index contributed by atoms with van der Waals surface area (Å²) >= 11 is 0. The molecule has 0 aliphatic carbocycles. The van der Waals surface area contributed by atoms with Gasteiger partial charge in [-0.2, -0.15) is 0 Å². The molecule has 0 aliphatic heterocycles. The first-order valence-electron chi connectivity index (χ1n) is 13.3. The SMILES string of the molecule is CC(C)CC(NC(=O)C(N)Cc1cnc[nH]1)C(=O)NC(CCCN=C(N)N)C(=O)NC(CCCN=C(N)N)C(=O)O. The van der Waals surface area contributed by atoms with Gasteiger partial charge in [-0.25, -0.2) is 9.78 Å². The van der Waals surface area contributed by atoms with E-state index in [1.54, 1.807) is 6.20 Å². The third-order valence-electron chi connectivity index (χ3n) is 5.81. The molecule has 17 nitrogen and oxygen atoms in total. The number of guanidine groups is 2. The lowest BCUT2D eigenvalue weighted by molar-refractivity contribution is -0.142. The topological polar surface area (TPSA) is 308 Å². The second-order valence-corrected chi connectivity index (χ2v) is 9.94. The van der Waals surface area contributed by atoms with Crippen LogP contribution in [0.15, 0.2) is 22.5 Å². The highest BCUT2D eigenvalue weighted by Crippen LogP contribution is 2.09. The highest BCUT2D eigenvalue weighted by atomic mass is 16.4. The predicted molar refractivity (Wildman–Crippen MR) is 153 cm³/mol. The van der Waals surface area contributed by atoms with E-state index in [4.69, 9.17) is 28.7 Å². The second kappa shape index (κ2) is 18.0. The molecular formula is C24H44N12O5. The summed E-state index contributed by atoms with van der Waals surface area (Å²) in [6.07, 6.45) is 4.18. The van der Waals surface area contributed by atoms with Gasteiger partial charge in [-0.1, -0.05) is 13.8 Å². The molecule has 0 spiro atoms. The van der Waals surface area contributed by atoms with Crippen LogP contribution in [0.5, 0.6) is 0 Å². The third kappa shape index (κ3) is 14.5. The summed E-state index contributed by atoms with van der Waals surface area (Å²) in [6.45, 7) is 4.10. The molecule has 17 heteroatoms. The molecule has 1 rings (SSSR count). The van der Waals surface area contributed by atoms with Gasteiger partial charge in [0.25, 0.3) is 0 Å². The summed E-state index contributed by atoms with van der Waals surface area (Å²) in [7, 11) is 0. The summed E-state index contributed by atoms with van der Waals surface area (Å²) in [4.78, 5) is 65.5. The van der Waals surface area contributed by atoms with Gasteiger partial charge in [0.2, 0.25) is 17.7 Å². The Morgan fingerprint density at radius 3 is 1.88 bits per heavy atom. The Hall–Kier alpha value is -4.41. The summed E-state index contributed by atoms with van der Waals surface area (Å²) < 4.78 is 0. The summed E-state index contributed by atoms with van der Waals surface area (Å²) in [6, 6.07) is -4.34. The third-order valence-corrected chi connectivity index (χ3v) is 5.81. The molecule has 4 atom stereocenters. The Kier molecular flexibility index (Phi) is 15.2. The average Bonchev–Trinajstić information content (AvgIpc) is 3.39. The number of aliphatic imine (C=N–C) groups is 2. The van der Waals surface area contributed by atoms with Crippen LogP contribution < -0.4 is 44.6 Å². The highest BCUT2D eigenvalue weighted by Gasteiger charge is 2.30. The Bertz CT molecular complexity index is 1040. The Balaban J connectivity index is 3.00. The number of nitrogens with zero attached hydrogens (tertiary/aromatic N) is 3. The fourth-order valence-electron chi connectivity index (χ4n) is 3.79. The molecule has 1 heterocycles. The molecule has 0 bridgehead atoms. The van der Waals surface area contributed by atoms with Crippen molar-refractivity contribution in [3.63, 3.8) is 0 Å². The maximum Gasteiger partial charge on any atom is 0.326 e. The molecule has 0 aliphatic rings. The van der Waals surface area contributed by atoms with Gasteiger partial charge < -0.3 is 54.7 Å². The number of rotatable bonds is 19. The Labute approximate surface area is 238 Å². The van der Waals surface area contributed by atoms with Crippen molar-refractivity contribution in [3.05, 3.63) is 18.2 Å². The van der Waals surface area contributed by atoms with Gasteiger partial charge in [-0.15, -0.1) is 0 Å². The molecule has 1 aromatic heterocycles. The van der Waals surface area contributed by atoms with Gasteiger partial charge in [-0.05, 0) is 38.0 Å². The molecule has 0 fully saturated rings. The van der Waals surface area contributed by atoms with Crippen molar-refractivity contribution < 1.29 is 24.3 Å². The van der Waals surface area contributed by atoms with Crippen LogP contribution in [0.25, 0.3) is 0 Å². The quantitative estimate of drug-likeness (QED) is 0.0445. The van der Waals surface area contributed by atoms with E-state index in [0.29, 0.717) is 12.1 Å². The normalized spacial score (nSPS) is 13.8. The number of carbonyl (C=O) groups is 4. The van der Waals surface area contributed by atoms with Crippen molar-refractivity contribution in [2.24, 2.45) is 44.6 Å². The first-order valence-corrected chi connectivity index (χ1v) is 13.3. The number of H-pyrrole nitrogens is 1. The van der Waals surface area contributed by atoms with E-state index in [2.05, 4.69) is 35.9 Å². The van der Waals surface area contributed by atoms with Crippen molar-refractivity contribution in [1.29, 1.82) is 0 Å². The van der Waals surface area contributed by atoms with Crippen LogP contribution in [-0.4, -0.2) is 87.9 Å². The zero-order valence-corrected chi connectivity index (χ0v) is 23.5. The first kappa shape index (κ1) is 34.6. The van der Waals surface area contributed by atoms with Gasteiger partial charge in [0.1, 0.15) is 18.1 Å². The average molecular weight is 581 g/mol. The lowest BCUT2D eigenvalue weighted by Crippen LogP contribution is -2.57. The largest absolute Gasteiger partial charge is 0.480 e. The Morgan fingerprint density at radius 1 is 0.878 bits per heavy atom. The van der Waals surface area contributed by atoms with E-state index >= 15 is 0 Å². The van der Waals surface area contributed by atoms with E-state index in [9.17, 15) is 24.3 Å². The maximum atomic E-state index is 13.3. The number of nitrogens with one attached hydrogen (secondary N) is 4. The molecule has 4 unspecified atom stereocenters. The van der Waals surface area contributed by atoms with Crippen LogP contribution in [-0.2, 0) is 25.6 Å². The molecule has 0 saturated heterocycles. The van der Waals surface area contributed by atoms with Crippen LogP contribution in [0, 0.1) is 5.92 Å². The molecule has 41 heavy (non-hydrogen) atoms. The smallest absolute Gasteiger partial charge is 0.326 e. The van der Waals surface area contributed by atoms with Crippen LogP contribution in [0.1, 0.15) is 51.6 Å². The predicted octanol–water partition coefficient (Wildman–Crippen LogP) is -3.03. The fourth-order valence-corrected chi connectivity index (χ4v) is 3.79. The molecule has 0 saturated carbocycles. The standard InChI is InChI=1S/C24H44N12O5/c1-13(2)9-18(36-19(37)15(25)10-14-11-30-12-33-14)21(39)34-16(5-3-7-31-23(26)27)20(38)35-17(22(40)41)6-4-8-32-24(28)29/h11-13,15-18H,3-10,25H2,1-2H3,(H,30,33)(H,34,39)(H,35,38)(H,36,37)(H,40,41)(H4,26,27,31)(H4,28,29,32). The molecule has 0 radical (unpaired) electrons. The summed E-state index contributed by atoms with van der Waals surface area (Å²) in [5.74, 6) is -3.41. The first-order chi connectivity index (χ1) is 19.3. The minimum absolute atomic E-state index is 0.00521. The fraction of sp³-hybridized carbons (Fsp3) is 0.625. The van der Waals surface area contributed by atoms with Gasteiger partial charge in [0, 0.05) is 31.4 Å². The van der Waals surface area contributed by atoms with Gasteiger partial charge in [-0.3, -0.25) is 24.4 Å². The minimum Gasteiger partial charge on any atom is -0.480 e. The second-order valence-electron chi connectivity index (χ2n) is 9.94. The molecule has 3 amide bonds. The lowest BCUT2D eigenvalue weighted by Gasteiger charge is -2.26. The number of nitrogens with two attached hydrogens (primary N) is 5. The van der Waals surface area contributed by atoms with E-state index in [1.165, 1.54) is 6.33 Å². The number of aromatic nitrogens is 2. The molecular weight excluding hydrogens is 536 g/mol. The van der Waals surface area contributed by atoms with Crippen molar-refractivity contribution in [1.82, 2.24) is 25.9 Å². The van der Waals surface area contributed by atoms with Crippen LogP contribution >= 0.6 is 0 Å². The van der Waals surface area contributed by atoms with Crippen molar-refractivity contribution in [2.75, 3.05) is 13.1 Å². The van der Waals surface area contributed by atoms with Crippen LogP contribution in [0.2, 0.25) is 0 Å². The van der Waals surface area contributed by atoms with Gasteiger partial charge in [0.05, 0.1) is 12.4 Å². The van der Waals surface area contributed by atoms with Crippen molar-refractivity contribution in [2.45, 2.75) is 76.5 Å². The number of carboxylic acids is 1. The number of hydrogen-bond acceptors (Lipinski definition) is 8. The van der Waals surface area contributed by atoms with E-state index in [1.807, 2.05) is 13.8 Å². The number of carbonyl (C=O) groups excluding carboxylic acids is 3. The van der Waals surface area contributed by atoms with Crippen molar-refractivity contribution in [3.8, 4) is 0 Å². The number of amides is 3. The van der Waals surface area contributed by atoms with E-state index in [0.717, 1.165) is 0 Å². The number of aromatic amines is 1. The molecule has 15 N–H and O–H groups in total. The summed E-state index contributed by atoms with van der Waals surface area (Å²) in [5.41, 5.74) is 28.0. The minimum atomic E-state index is -1.26. The zero-order valence-electron chi connectivity index (χ0n) is 23.5. The van der Waals surface area contributed by atoms with Gasteiger partial charge in [0.15, 0.2) is 11.9 Å². The highest BCUT2D eigenvalue weighted by molar-refractivity contribution is 5.94. The molecule has 230 valence electrons. The monoisotopic (exact) mass is 580 g/mol. The maximum absolute atomic E-state index is 13.3. The lowest BCUT2D eigenvalue weighted by atomic mass is 10.0. The van der Waals surface area contributed by atoms with E-state index in [-0.39, 0.29) is 63.0 Å². The molecule has 0 aromatic carbocycles. The number of hydrogen-bond donors (Lipinski definition) is 10. The number of carboxylic acid groups (broad SMARTS) is 1. The zero-order chi connectivity index (χ0) is 30.9. The van der Waals surface area contributed by atoms with Crippen LogP contribution in [0.4, 0.5) is 0 Å².